The average Bonchev–Trinajstić information content (AvgIpc) is 3.97. The Morgan fingerprint density at radius 2 is 0.615 bits per heavy atom. The van der Waals surface area contributed by atoms with Gasteiger partial charge in [0.05, 0.1) is 0 Å². The van der Waals surface area contributed by atoms with Crippen LogP contribution in [-0.2, 0) is 32.6 Å². The number of methoxy groups -OCH3 is 2. The molecule has 0 amide bonds. The predicted molar refractivity (Wildman–Crippen MR) is 218 cm³/mol. The van der Waals surface area contributed by atoms with Crippen LogP contribution in [0.15, 0.2) is 182 Å². The molecule has 0 spiro atoms. The molecule has 52 heavy (non-hydrogen) atoms. The van der Waals surface area contributed by atoms with Crippen LogP contribution in [0.4, 0.5) is 0 Å². The van der Waals surface area contributed by atoms with Crippen LogP contribution in [0.2, 0.25) is 0 Å². The van der Waals surface area contributed by atoms with Gasteiger partial charge < -0.3 is 0 Å². The van der Waals surface area contributed by atoms with Crippen LogP contribution in [0, 0.1) is 11.8 Å². The quantitative estimate of drug-likeness (QED) is 0.0902. The molecule has 0 N–H and O–H groups in total. The fraction of sp³-hybridized carbons (Fsp3) is 0.0930. The van der Waals surface area contributed by atoms with Crippen molar-refractivity contribution in [3.63, 3.8) is 0 Å². The van der Waals surface area contributed by atoms with Gasteiger partial charge in [-0.2, -0.15) is 0 Å². The summed E-state index contributed by atoms with van der Waals surface area (Å²) in [5.74, 6) is -2.12. The van der Waals surface area contributed by atoms with Gasteiger partial charge in [-0.05, 0) is 47.7 Å². The normalized spacial score (nSPS) is 14.6. The largest absolute Gasteiger partial charge is 0.0622 e. The maximum Gasteiger partial charge on any atom is -0.0134 e. The van der Waals surface area contributed by atoms with E-state index in [9.17, 15) is 9.59 Å². The van der Waals surface area contributed by atoms with Gasteiger partial charge in [-0.1, -0.05) is 182 Å². The van der Waals surface area contributed by atoms with Crippen molar-refractivity contribution in [1.29, 1.82) is 0 Å². The van der Waals surface area contributed by atoms with Gasteiger partial charge in [-0.3, -0.25) is 0 Å². The average molecular weight is 853 g/mol. The molecule has 2 atom stereocenters. The SMILES string of the molecule is COC(=O)[C@H]1[C](=[Ru]([Cl])[Cl])[C@@H]1C(=O)OC.c1ccc(P(c2ccccc2)c2ccccc2)cc1.c1ccc(P(c2ccccc2)c2ccccc2)cc1. The Balaban J connectivity index is 0.000000153. The summed E-state index contributed by atoms with van der Waals surface area (Å²) >= 11 is -2.17. The topological polar surface area (TPSA) is 52.6 Å². The minimum Gasteiger partial charge on any atom is -0.0622 e. The molecule has 0 radical (unpaired) electrons. The number of benzene rings is 6. The van der Waals surface area contributed by atoms with E-state index in [0.29, 0.717) is 4.11 Å². The Morgan fingerprint density at radius 1 is 0.423 bits per heavy atom. The molecule has 1 fully saturated rings. The zero-order valence-electron chi connectivity index (χ0n) is 28.6. The third-order valence-corrected chi connectivity index (χ3v) is 16.5. The van der Waals surface area contributed by atoms with Crippen molar-refractivity contribution in [2.45, 2.75) is 0 Å². The van der Waals surface area contributed by atoms with Crippen molar-refractivity contribution < 1.29 is 32.6 Å². The van der Waals surface area contributed by atoms with E-state index < -0.39 is 53.1 Å². The van der Waals surface area contributed by atoms with Gasteiger partial charge in [-0.15, -0.1) is 0 Å². The van der Waals surface area contributed by atoms with E-state index in [1.807, 2.05) is 0 Å². The molecular formula is C43H38Cl2O4P2Ru. The fourth-order valence-corrected chi connectivity index (χ4v) is 13.7. The van der Waals surface area contributed by atoms with Crippen molar-refractivity contribution in [1.82, 2.24) is 0 Å². The summed E-state index contributed by atoms with van der Waals surface area (Å²) in [6.45, 7) is 0. The monoisotopic (exact) mass is 852 g/mol. The molecule has 7 rings (SSSR count). The first-order chi connectivity index (χ1) is 25.4. The number of carbonyl (C=O) groups is 2. The minimum atomic E-state index is -2.17. The Bertz CT molecular complexity index is 1690. The molecule has 0 heterocycles. The van der Waals surface area contributed by atoms with Crippen LogP contribution in [0.3, 0.4) is 0 Å². The van der Waals surface area contributed by atoms with Crippen LogP contribution >= 0.6 is 35.2 Å². The molecule has 0 bridgehead atoms. The Hall–Kier alpha value is -3.81. The molecule has 4 nitrogen and oxygen atoms in total. The fourth-order valence-electron chi connectivity index (χ4n) is 5.49. The van der Waals surface area contributed by atoms with E-state index in [2.05, 4.69) is 191 Å². The summed E-state index contributed by atoms with van der Waals surface area (Å²) in [7, 11) is 13.1. The molecule has 6 aromatic carbocycles. The number of hydrogen-bond acceptors (Lipinski definition) is 4. The molecule has 1 aliphatic rings. The molecule has 1 aliphatic carbocycles. The van der Waals surface area contributed by atoms with Crippen LogP contribution in [0.25, 0.3) is 0 Å². The molecule has 1 saturated carbocycles. The van der Waals surface area contributed by atoms with Gasteiger partial charge in [0.2, 0.25) is 0 Å². The minimum absolute atomic E-state index is 0.446. The molecule has 0 aliphatic heterocycles. The standard InChI is InChI=1S/2C18H15P.C7H8O4.2ClH.Ru/c2*1-4-10-16(11-5-1)19(17-12-6-2-7-13-17)18-14-8-3-9-15-18;1-10-6(8)4-3-5(4)7(9)11-2;;;/h2*1-15H;4-5H,1-2H3;2*1H;/q;;;;;+2/p-2/t;;4-,5-;;;/m..0.../s1. The van der Waals surface area contributed by atoms with Gasteiger partial charge >= 0.3 is 94.1 Å². The first kappa shape index (κ1) is 39.4. The smallest absolute Gasteiger partial charge is 0.0134 e. The molecule has 0 unspecified atom stereocenters. The van der Waals surface area contributed by atoms with E-state index in [1.165, 1.54) is 46.0 Å². The Kier molecular flexibility index (Phi) is 15.5. The van der Waals surface area contributed by atoms with E-state index in [0.717, 1.165) is 0 Å². The summed E-state index contributed by atoms with van der Waals surface area (Å²) in [4.78, 5) is 22.3. The number of esters is 2. The second-order valence-electron chi connectivity index (χ2n) is 11.2. The van der Waals surface area contributed by atoms with Crippen molar-refractivity contribution in [3.8, 4) is 0 Å². The zero-order chi connectivity index (χ0) is 36.7. The third-order valence-electron chi connectivity index (χ3n) is 7.95. The summed E-state index contributed by atoms with van der Waals surface area (Å²) in [6, 6.07) is 64.7. The third kappa shape index (κ3) is 10.6. The summed E-state index contributed by atoms with van der Waals surface area (Å²) in [5, 5.41) is 8.39. The van der Waals surface area contributed by atoms with Gasteiger partial charge in [0.25, 0.3) is 0 Å². The zero-order valence-corrected chi connectivity index (χ0v) is 33.7. The number of rotatable bonds is 8. The number of hydrogen-bond donors (Lipinski definition) is 0. The van der Waals surface area contributed by atoms with Gasteiger partial charge in [0.15, 0.2) is 0 Å². The van der Waals surface area contributed by atoms with Crippen molar-refractivity contribution >= 4 is 83.1 Å². The van der Waals surface area contributed by atoms with E-state index in [1.54, 1.807) is 0 Å². The summed E-state index contributed by atoms with van der Waals surface area (Å²) in [5.41, 5.74) is 0. The molecule has 0 saturated heterocycles. The second-order valence-corrected chi connectivity index (χ2v) is 21.6. The molecular weight excluding hydrogens is 814 g/mol. The van der Waals surface area contributed by atoms with Crippen LogP contribution in [0.5, 0.6) is 0 Å². The van der Waals surface area contributed by atoms with Gasteiger partial charge in [0, 0.05) is 0 Å². The van der Waals surface area contributed by atoms with Crippen LogP contribution in [0.1, 0.15) is 0 Å². The van der Waals surface area contributed by atoms with E-state index in [4.69, 9.17) is 19.4 Å². The number of ether oxygens (including phenoxy) is 2. The number of carbonyl (C=O) groups excluding carboxylic acids is 2. The molecule has 266 valence electrons. The van der Waals surface area contributed by atoms with Gasteiger partial charge in [0.1, 0.15) is 0 Å². The van der Waals surface area contributed by atoms with Crippen LogP contribution in [-0.4, -0.2) is 30.3 Å². The van der Waals surface area contributed by atoms with Crippen molar-refractivity contribution in [2.24, 2.45) is 11.8 Å². The number of halogens is 2. The maximum absolute atomic E-state index is 11.2. The summed E-state index contributed by atoms with van der Waals surface area (Å²) < 4.78 is 9.63. The van der Waals surface area contributed by atoms with E-state index in [-0.39, 0.29) is 0 Å². The second kappa shape index (κ2) is 20.4. The first-order valence-electron chi connectivity index (χ1n) is 16.4. The molecule has 9 heteroatoms. The summed E-state index contributed by atoms with van der Waals surface area (Å²) in [6.07, 6.45) is 0. The van der Waals surface area contributed by atoms with Crippen molar-refractivity contribution in [3.05, 3.63) is 182 Å². The van der Waals surface area contributed by atoms with Crippen molar-refractivity contribution in [2.75, 3.05) is 14.2 Å². The molecule has 6 aromatic rings. The van der Waals surface area contributed by atoms with Gasteiger partial charge in [-0.25, -0.2) is 0 Å². The molecule has 0 aromatic heterocycles. The van der Waals surface area contributed by atoms with E-state index >= 15 is 0 Å². The predicted octanol–water partition coefficient (Wildman–Crippen LogP) is 7.57. The maximum atomic E-state index is 11.2. The Labute approximate surface area is 321 Å². The first-order valence-corrected chi connectivity index (χ1v) is 24.4. The van der Waals surface area contributed by atoms with Crippen LogP contribution < -0.4 is 31.8 Å². The Morgan fingerprint density at radius 3 is 0.769 bits per heavy atom.